The van der Waals surface area contributed by atoms with Crippen molar-refractivity contribution in [2.24, 2.45) is 23.0 Å². The molecular weight excluding hydrogens is 268 g/mol. The van der Waals surface area contributed by atoms with Crippen molar-refractivity contribution < 1.29 is 14.7 Å². The highest BCUT2D eigenvalue weighted by Gasteiger charge is 2.49. The van der Waals surface area contributed by atoms with Gasteiger partial charge in [-0.3, -0.25) is 4.79 Å². The average molecular weight is 298 g/mol. The lowest BCUT2D eigenvalue weighted by Gasteiger charge is -2.48. The summed E-state index contributed by atoms with van der Waals surface area (Å²) in [6, 6.07) is 0.103. The van der Waals surface area contributed by atoms with Gasteiger partial charge in [-0.05, 0) is 44.9 Å². The minimum Gasteiger partial charge on any atom is -0.480 e. The van der Waals surface area contributed by atoms with Crippen molar-refractivity contribution in [1.82, 2.24) is 4.90 Å². The number of hydrogen-bond acceptors (Lipinski definition) is 3. The third-order valence-electron chi connectivity index (χ3n) is 5.58. The molecule has 3 atom stereocenters. The van der Waals surface area contributed by atoms with Gasteiger partial charge in [0.05, 0.1) is 0 Å². The van der Waals surface area contributed by atoms with Crippen molar-refractivity contribution in [3.63, 3.8) is 0 Å². The molecule has 1 aliphatic carbocycles. The van der Waals surface area contributed by atoms with Crippen LogP contribution in [0.1, 0.15) is 54.4 Å². The maximum absolute atomic E-state index is 13.0. The second kappa shape index (κ2) is 5.95. The van der Waals surface area contributed by atoms with Crippen molar-refractivity contribution in [3.05, 3.63) is 0 Å². The van der Waals surface area contributed by atoms with Crippen molar-refractivity contribution in [2.75, 3.05) is 6.54 Å². The van der Waals surface area contributed by atoms with E-state index in [9.17, 15) is 14.7 Å². The fraction of sp³-hybridized carbons (Fsp3) is 0.875. The highest BCUT2D eigenvalue weighted by Crippen LogP contribution is 2.45. The van der Waals surface area contributed by atoms with Crippen LogP contribution >= 0.6 is 0 Å². The lowest BCUT2D eigenvalue weighted by atomic mass is 9.60. The lowest BCUT2D eigenvalue weighted by molar-refractivity contribution is -0.162. The van der Waals surface area contributed by atoms with Crippen molar-refractivity contribution in [1.29, 1.82) is 0 Å². The molecule has 0 heterocycles. The molecule has 1 aliphatic rings. The van der Waals surface area contributed by atoms with Crippen LogP contribution in [0.3, 0.4) is 0 Å². The quantitative estimate of drug-likeness (QED) is 0.832. The van der Waals surface area contributed by atoms with Crippen LogP contribution in [0.4, 0.5) is 0 Å². The minimum absolute atomic E-state index is 0.0614. The normalized spacial score (nSPS) is 29.0. The largest absolute Gasteiger partial charge is 0.480 e. The molecule has 0 aliphatic heterocycles. The second-order valence-corrected chi connectivity index (χ2v) is 7.35. The number of rotatable bonds is 4. The molecule has 1 saturated carbocycles. The van der Waals surface area contributed by atoms with Gasteiger partial charge < -0.3 is 15.7 Å². The zero-order valence-corrected chi connectivity index (χ0v) is 14.1. The summed E-state index contributed by atoms with van der Waals surface area (Å²) in [6.07, 6.45) is 1.54. The molecule has 5 nitrogen and oxygen atoms in total. The Kier molecular flexibility index (Phi) is 5.09. The molecule has 5 heteroatoms. The molecule has 1 amide bonds. The Hall–Kier alpha value is -1.10. The highest BCUT2D eigenvalue weighted by atomic mass is 16.4. The summed E-state index contributed by atoms with van der Waals surface area (Å²) in [5.74, 6) is -0.984. The second-order valence-electron chi connectivity index (χ2n) is 7.35. The van der Waals surface area contributed by atoms with E-state index in [1.165, 1.54) is 4.90 Å². The van der Waals surface area contributed by atoms with Crippen molar-refractivity contribution in [3.8, 4) is 0 Å². The van der Waals surface area contributed by atoms with Gasteiger partial charge in [-0.2, -0.15) is 0 Å². The molecule has 21 heavy (non-hydrogen) atoms. The van der Waals surface area contributed by atoms with Gasteiger partial charge in [0.25, 0.3) is 0 Å². The summed E-state index contributed by atoms with van der Waals surface area (Å²) in [5.41, 5.74) is 4.72. The first-order valence-electron chi connectivity index (χ1n) is 7.78. The van der Waals surface area contributed by atoms with Crippen LogP contribution in [0.5, 0.6) is 0 Å². The van der Waals surface area contributed by atoms with E-state index in [1.807, 2.05) is 6.92 Å². The van der Waals surface area contributed by atoms with Crippen molar-refractivity contribution >= 4 is 11.9 Å². The molecular formula is C16H30N2O3. The summed E-state index contributed by atoms with van der Waals surface area (Å²) in [6.45, 7) is 11.6. The van der Waals surface area contributed by atoms with Crippen LogP contribution in [0.25, 0.3) is 0 Å². The summed E-state index contributed by atoms with van der Waals surface area (Å²) in [5, 5.41) is 9.40. The number of aliphatic carboxylic acids is 1. The Labute approximate surface area is 127 Å². The van der Waals surface area contributed by atoms with Crippen molar-refractivity contribution in [2.45, 2.75) is 66.0 Å². The first-order valence-corrected chi connectivity index (χ1v) is 7.78. The molecule has 0 spiro atoms. The number of carbonyl (C=O) groups is 2. The van der Waals surface area contributed by atoms with Gasteiger partial charge in [-0.25, -0.2) is 4.79 Å². The van der Waals surface area contributed by atoms with E-state index in [0.717, 1.165) is 12.8 Å². The van der Waals surface area contributed by atoms with Crippen LogP contribution in [0, 0.1) is 17.3 Å². The van der Waals surface area contributed by atoms with Crippen LogP contribution in [-0.2, 0) is 9.59 Å². The SMILES string of the molecule is CCN(C(=O)C1CCC(N)C(C)C1(C)C)C(C)(C)C(=O)O. The standard InChI is InChI=1S/C16H30N2O3/c1-7-18(16(5,6)14(20)21)13(19)11-8-9-12(17)10(2)15(11,3)4/h10-12H,7-9,17H2,1-6H3,(H,20,21). The number of nitrogens with two attached hydrogens (primary N) is 1. The lowest BCUT2D eigenvalue weighted by Crippen LogP contribution is -2.58. The molecule has 1 fully saturated rings. The van der Waals surface area contributed by atoms with E-state index < -0.39 is 11.5 Å². The van der Waals surface area contributed by atoms with E-state index in [-0.39, 0.29) is 29.2 Å². The van der Waals surface area contributed by atoms with Gasteiger partial charge in [-0.15, -0.1) is 0 Å². The Morgan fingerprint density at radius 1 is 1.33 bits per heavy atom. The number of carbonyl (C=O) groups excluding carboxylic acids is 1. The van der Waals surface area contributed by atoms with E-state index >= 15 is 0 Å². The van der Waals surface area contributed by atoms with Gasteiger partial charge in [0.2, 0.25) is 5.91 Å². The molecule has 122 valence electrons. The molecule has 3 unspecified atom stereocenters. The van der Waals surface area contributed by atoms with Gasteiger partial charge >= 0.3 is 5.97 Å². The number of hydrogen-bond donors (Lipinski definition) is 2. The highest BCUT2D eigenvalue weighted by molar-refractivity contribution is 5.88. The molecule has 0 aromatic heterocycles. The number of carboxylic acid groups (broad SMARTS) is 1. The smallest absolute Gasteiger partial charge is 0.329 e. The van der Waals surface area contributed by atoms with Crippen LogP contribution in [-0.4, -0.2) is 40.0 Å². The van der Waals surface area contributed by atoms with Gasteiger partial charge in [-0.1, -0.05) is 20.8 Å². The fourth-order valence-corrected chi connectivity index (χ4v) is 3.42. The number of amides is 1. The Morgan fingerprint density at radius 3 is 2.29 bits per heavy atom. The summed E-state index contributed by atoms with van der Waals surface area (Å²) < 4.78 is 0. The van der Waals surface area contributed by atoms with Crippen LogP contribution in [0.15, 0.2) is 0 Å². The third-order valence-corrected chi connectivity index (χ3v) is 5.58. The Bertz CT molecular complexity index is 418. The molecule has 0 aromatic carbocycles. The Balaban J connectivity index is 3.08. The van der Waals surface area contributed by atoms with Gasteiger partial charge in [0.15, 0.2) is 0 Å². The predicted octanol–water partition coefficient (Wildman–Crippen LogP) is 2.10. The molecule has 1 rings (SSSR count). The number of nitrogens with zero attached hydrogens (tertiary/aromatic N) is 1. The molecule has 3 N–H and O–H groups in total. The summed E-state index contributed by atoms with van der Waals surface area (Å²) in [7, 11) is 0. The molecule has 0 radical (unpaired) electrons. The molecule has 0 aromatic rings. The van der Waals surface area contributed by atoms with Crippen LogP contribution < -0.4 is 5.73 Å². The zero-order valence-electron chi connectivity index (χ0n) is 14.1. The fourth-order valence-electron chi connectivity index (χ4n) is 3.42. The topological polar surface area (TPSA) is 83.6 Å². The number of carboxylic acids is 1. The third kappa shape index (κ3) is 3.07. The first-order chi connectivity index (χ1) is 9.47. The Morgan fingerprint density at radius 2 is 1.86 bits per heavy atom. The number of likely N-dealkylation sites (N-methyl/N-ethyl adjacent to an activating group) is 1. The molecule has 0 bridgehead atoms. The maximum atomic E-state index is 13.0. The van der Waals surface area contributed by atoms with E-state index in [4.69, 9.17) is 5.73 Å². The maximum Gasteiger partial charge on any atom is 0.329 e. The summed E-state index contributed by atoms with van der Waals surface area (Å²) >= 11 is 0. The predicted molar refractivity (Wildman–Crippen MR) is 82.7 cm³/mol. The zero-order chi connectivity index (χ0) is 16.6. The summed E-state index contributed by atoms with van der Waals surface area (Å²) in [4.78, 5) is 25.9. The van der Waals surface area contributed by atoms with E-state index in [2.05, 4.69) is 20.8 Å². The first kappa shape index (κ1) is 18.0. The average Bonchev–Trinajstić information content (AvgIpc) is 2.36. The van der Waals surface area contributed by atoms with Gasteiger partial charge in [0.1, 0.15) is 5.54 Å². The monoisotopic (exact) mass is 298 g/mol. The molecule has 0 saturated heterocycles. The van der Waals surface area contributed by atoms with E-state index in [0.29, 0.717) is 6.54 Å². The minimum atomic E-state index is -1.19. The van der Waals surface area contributed by atoms with Gasteiger partial charge in [0, 0.05) is 18.5 Å². The van der Waals surface area contributed by atoms with Crippen LogP contribution in [0.2, 0.25) is 0 Å². The van der Waals surface area contributed by atoms with E-state index in [1.54, 1.807) is 13.8 Å².